The number of aliphatic hydroxyl groups is 1. The summed E-state index contributed by atoms with van der Waals surface area (Å²) in [6.07, 6.45) is 2.78. The quantitative estimate of drug-likeness (QED) is 0.886. The Balaban J connectivity index is 2.13. The second kappa shape index (κ2) is 6.12. The van der Waals surface area contributed by atoms with Crippen molar-refractivity contribution < 1.29 is 5.11 Å². The molecule has 0 bridgehead atoms. The van der Waals surface area contributed by atoms with E-state index in [1.165, 1.54) is 0 Å². The van der Waals surface area contributed by atoms with Crippen molar-refractivity contribution >= 4 is 5.78 Å². The summed E-state index contributed by atoms with van der Waals surface area (Å²) < 4.78 is 2.06. The van der Waals surface area contributed by atoms with Crippen LogP contribution in [-0.4, -0.2) is 32.1 Å². The molecule has 2 rings (SSSR count). The molecule has 2 heterocycles. The van der Waals surface area contributed by atoms with E-state index in [0.717, 1.165) is 29.3 Å². The second-order valence-electron chi connectivity index (χ2n) is 6.95. The number of nitrogens with one attached hydrogen (secondary N) is 1. The van der Waals surface area contributed by atoms with Crippen molar-refractivity contribution in [3.63, 3.8) is 0 Å². The molecule has 1 atom stereocenters. The van der Waals surface area contributed by atoms with Gasteiger partial charge in [-0.15, -0.1) is 0 Å². The van der Waals surface area contributed by atoms with Crippen LogP contribution in [0.4, 0.5) is 0 Å². The Kier molecular flexibility index (Phi) is 4.64. The summed E-state index contributed by atoms with van der Waals surface area (Å²) in [7, 11) is 0. The van der Waals surface area contributed by atoms with Crippen molar-refractivity contribution in [3.05, 3.63) is 29.3 Å². The van der Waals surface area contributed by atoms with Crippen molar-refractivity contribution in [3.8, 4) is 0 Å². The van der Waals surface area contributed by atoms with Gasteiger partial charge in [0.2, 0.25) is 5.78 Å². The molecule has 0 aliphatic heterocycles. The lowest BCUT2D eigenvalue weighted by atomic mass is 9.88. The molecule has 0 aliphatic carbocycles. The van der Waals surface area contributed by atoms with Crippen LogP contribution in [0.3, 0.4) is 0 Å². The second-order valence-corrected chi connectivity index (χ2v) is 6.95. The van der Waals surface area contributed by atoms with Gasteiger partial charge < -0.3 is 10.4 Å². The van der Waals surface area contributed by atoms with E-state index in [1.54, 1.807) is 0 Å². The molecule has 2 aromatic heterocycles. The first kappa shape index (κ1) is 15.9. The summed E-state index contributed by atoms with van der Waals surface area (Å²) in [6, 6.07) is 2.14. The normalized spacial score (nSPS) is 13.8. The molecule has 0 amide bonds. The number of hydrogen-bond acceptors (Lipinski definition) is 4. The first-order chi connectivity index (χ1) is 9.80. The third-order valence-corrected chi connectivity index (χ3v) is 3.51. The minimum Gasteiger partial charge on any atom is -0.395 e. The van der Waals surface area contributed by atoms with Crippen molar-refractivity contribution in [1.82, 2.24) is 19.7 Å². The van der Waals surface area contributed by atoms with Crippen LogP contribution in [-0.2, 0) is 6.54 Å². The fraction of sp³-hybridized carbons (Fsp3) is 0.625. The van der Waals surface area contributed by atoms with Gasteiger partial charge in [0, 0.05) is 24.0 Å². The topological polar surface area (TPSA) is 62.5 Å². The van der Waals surface area contributed by atoms with Crippen LogP contribution >= 0.6 is 0 Å². The molecule has 116 valence electrons. The Labute approximate surface area is 126 Å². The van der Waals surface area contributed by atoms with E-state index in [0.29, 0.717) is 6.54 Å². The zero-order valence-corrected chi connectivity index (χ0v) is 13.6. The van der Waals surface area contributed by atoms with Crippen molar-refractivity contribution in [2.24, 2.45) is 5.41 Å². The molecular formula is C16H26N4O. The van der Waals surface area contributed by atoms with E-state index < -0.39 is 0 Å². The fourth-order valence-corrected chi connectivity index (χ4v) is 2.71. The number of nitrogens with zero attached hydrogens (tertiary/aromatic N) is 3. The minimum absolute atomic E-state index is 0.0919. The molecule has 0 spiro atoms. The van der Waals surface area contributed by atoms with Crippen molar-refractivity contribution in [2.45, 2.75) is 53.6 Å². The molecule has 0 radical (unpaired) electrons. The summed E-state index contributed by atoms with van der Waals surface area (Å²) in [5.41, 5.74) is 3.37. The van der Waals surface area contributed by atoms with Crippen LogP contribution in [0.15, 0.2) is 12.3 Å². The highest BCUT2D eigenvalue weighted by Gasteiger charge is 2.18. The molecule has 21 heavy (non-hydrogen) atoms. The first-order valence-corrected chi connectivity index (χ1v) is 7.45. The Hall–Kier alpha value is -1.46. The van der Waals surface area contributed by atoms with Crippen molar-refractivity contribution in [2.75, 3.05) is 6.61 Å². The average Bonchev–Trinajstić information content (AvgIpc) is 2.76. The Morgan fingerprint density at radius 3 is 2.67 bits per heavy atom. The van der Waals surface area contributed by atoms with Gasteiger partial charge in [-0.25, -0.2) is 9.97 Å². The van der Waals surface area contributed by atoms with Crippen LogP contribution in [0.2, 0.25) is 0 Å². The number of aryl methyl sites for hydroxylation is 2. The van der Waals surface area contributed by atoms with E-state index in [2.05, 4.69) is 53.4 Å². The molecule has 5 heteroatoms. The maximum absolute atomic E-state index is 9.52. The maximum atomic E-state index is 9.52. The summed E-state index contributed by atoms with van der Waals surface area (Å²) >= 11 is 0. The van der Waals surface area contributed by atoms with E-state index in [4.69, 9.17) is 0 Å². The van der Waals surface area contributed by atoms with Gasteiger partial charge in [0.1, 0.15) is 0 Å². The molecule has 0 saturated heterocycles. The van der Waals surface area contributed by atoms with Gasteiger partial charge in [0.15, 0.2) is 0 Å². The highest BCUT2D eigenvalue weighted by atomic mass is 16.3. The molecule has 2 aromatic rings. The number of hydrogen-bond donors (Lipinski definition) is 2. The summed E-state index contributed by atoms with van der Waals surface area (Å²) in [5, 5.41) is 12.9. The zero-order chi connectivity index (χ0) is 15.6. The van der Waals surface area contributed by atoms with Gasteiger partial charge in [-0.3, -0.25) is 4.40 Å². The highest BCUT2D eigenvalue weighted by Crippen LogP contribution is 2.21. The number of fused-ring (bicyclic) bond motifs is 1. The SMILES string of the molecule is Cc1cc(C)n2c(CNC(CO)CC(C)(C)C)cnc2n1. The van der Waals surface area contributed by atoms with Gasteiger partial charge >= 0.3 is 0 Å². The van der Waals surface area contributed by atoms with E-state index in [1.807, 2.05) is 13.1 Å². The number of aliphatic hydroxyl groups excluding tert-OH is 1. The minimum atomic E-state index is 0.0919. The van der Waals surface area contributed by atoms with Gasteiger partial charge in [-0.2, -0.15) is 0 Å². The Morgan fingerprint density at radius 2 is 2.05 bits per heavy atom. The lowest BCUT2D eigenvalue weighted by Crippen LogP contribution is -2.35. The molecule has 5 nitrogen and oxygen atoms in total. The van der Waals surface area contributed by atoms with E-state index in [9.17, 15) is 5.11 Å². The summed E-state index contributed by atoms with van der Waals surface area (Å²) in [4.78, 5) is 8.81. The van der Waals surface area contributed by atoms with E-state index in [-0.39, 0.29) is 18.1 Å². The van der Waals surface area contributed by atoms with Gasteiger partial charge in [0.05, 0.1) is 18.5 Å². The largest absolute Gasteiger partial charge is 0.395 e. The molecule has 2 N–H and O–H groups in total. The van der Waals surface area contributed by atoms with Crippen LogP contribution in [0.5, 0.6) is 0 Å². The summed E-state index contributed by atoms with van der Waals surface area (Å²) in [5.74, 6) is 0.737. The number of rotatable bonds is 5. The molecule has 0 saturated carbocycles. The molecular weight excluding hydrogens is 264 g/mol. The third kappa shape index (κ3) is 4.02. The van der Waals surface area contributed by atoms with Crippen LogP contribution in [0.25, 0.3) is 5.78 Å². The molecule has 0 fully saturated rings. The highest BCUT2D eigenvalue weighted by molar-refractivity contribution is 5.35. The molecule has 1 unspecified atom stereocenters. The third-order valence-electron chi connectivity index (χ3n) is 3.51. The van der Waals surface area contributed by atoms with Crippen molar-refractivity contribution in [1.29, 1.82) is 0 Å². The van der Waals surface area contributed by atoms with Crippen LogP contribution in [0.1, 0.15) is 44.3 Å². The van der Waals surface area contributed by atoms with Crippen LogP contribution in [0, 0.1) is 19.3 Å². The first-order valence-electron chi connectivity index (χ1n) is 7.45. The summed E-state index contributed by atoms with van der Waals surface area (Å²) in [6.45, 7) is 11.4. The smallest absolute Gasteiger partial charge is 0.234 e. The predicted molar refractivity (Wildman–Crippen MR) is 84.2 cm³/mol. The molecule has 0 aliphatic rings. The number of aromatic nitrogens is 3. The van der Waals surface area contributed by atoms with Gasteiger partial charge in [-0.05, 0) is 31.7 Å². The fourth-order valence-electron chi connectivity index (χ4n) is 2.71. The maximum Gasteiger partial charge on any atom is 0.234 e. The zero-order valence-electron chi connectivity index (χ0n) is 13.6. The molecule has 0 aromatic carbocycles. The predicted octanol–water partition coefficient (Wildman–Crippen LogP) is 2.23. The Morgan fingerprint density at radius 1 is 1.33 bits per heavy atom. The van der Waals surface area contributed by atoms with Gasteiger partial charge in [-0.1, -0.05) is 20.8 Å². The standard InChI is InChI=1S/C16H26N4O/c1-11-6-12(2)20-14(9-18-15(20)19-11)8-17-13(10-21)7-16(3,4)5/h6,9,13,17,21H,7-8,10H2,1-5H3. The van der Waals surface area contributed by atoms with Gasteiger partial charge in [0.25, 0.3) is 0 Å². The van der Waals surface area contributed by atoms with E-state index >= 15 is 0 Å². The monoisotopic (exact) mass is 290 g/mol. The van der Waals surface area contributed by atoms with Crippen LogP contribution < -0.4 is 5.32 Å². The number of imidazole rings is 1. The Bertz CT molecular complexity index is 612. The average molecular weight is 290 g/mol. The lowest BCUT2D eigenvalue weighted by molar-refractivity contribution is 0.197. The lowest BCUT2D eigenvalue weighted by Gasteiger charge is -2.25.